The van der Waals surface area contributed by atoms with Gasteiger partial charge in [0.25, 0.3) is 0 Å². The van der Waals surface area contributed by atoms with Gasteiger partial charge in [0.05, 0.1) is 16.7 Å². The third kappa shape index (κ3) is 1.85. The zero-order chi connectivity index (χ0) is 13.6. The topological polar surface area (TPSA) is 43.8 Å². The van der Waals surface area contributed by atoms with E-state index in [4.69, 9.17) is 5.73 Å². The Bertz CT molecular complexity index is 774. The first kappa shape index (κ1) is 11.7. The summed E-state index contributed by atoms with van der Waals surface area (Å²) in [7, 11) is 0. The van der Waals surface area contributed by atoms with Crippen molar-refractivity contribution in [2.75, 3.05) is 5.73 Å². The number of imidazole rings is 1. The van der Waals surface area contributed by atoms with Crippen LogP contribution in [0.2, 0.25) is 0 Å². The molecular weight excluding hydrogens is 241 g/mol. The van der Waals surface area contributed by atoms with Crippen molar-refractivity contribution in [3.63, 3.8) is 0 Å². The fourth-order valence-electron chi connectivity index (χ4n) is 2.25. The molecule has 1 aromatic heterocycles. The average molecular weight is 255 g/mol. The lowest BCUT2D eigenvalue weighted by Gasteiger charge is -2.09. The number of aromatic nitrogens is 2. The van der Waals surface area contributed by atoms with Crippen molar-refractivity contribution in [2.24, 2.45) is 0 Å². The first-order valence-corrected chi connectivity index (χ1v) is 6.07. The second-order valence-electron chi connectivity index (χ2n) is 4.75. The molecule has 3 aromatic rings. The molecule has 0 radical (unpaired) electrons. The Balaban J connectivity index is 2.38. The Kier molecular flexibility index (Phi) is 2.52. The van der Waals surface area contributed by atoms with E-state index in [2.05, 4.69) is 4.98 Å². The summed E-state index contributed by atoms with van der Waals surface area (Å²) in [6, 6.07) is 10.8. The molecule has 0 saturated carbocycles. The summed E-state index contributed by atoms with van der Waals surface area (Å²) in [5, 5.41) is 0. The monoisotopic (exact) mass is 255 g/mol. The van der Waals surface area contributed by atoms with Crippen LogP contribution in [0.3, 0.4) is 0 Å². The minimum atomic E-state index is -0.307. The zero-order valence-corrected chi connectivity index (χ0v) is 10.8. The number of rotatable bonds is 1. The number of halogens is 1. The fraction of sp³-hybridized carbons (Fsp3) is 0.133. The van der Waals surface area contributed by atoms with Crippen molar-refractivity contribution in [2.45, 2.75) is 13.8 Å². The number of fused-ring (bicyclic) bond motifs is 1. The maximum atomic E-state index is 14.0. The molecule has 0 amide bonds. The molecular formula is C15H14FN3. The van der Waals surface area contributed by atoms with Crippen LogP contribution in [-0.4, -0.2) is 9.55 Å². The Morgan fingerprint density at radius 3 is 2.53 bits per heavy atom. The summed E-state index contributed by atoms with van der Waals surface area (Å²) in [6.45, 7) is 3.91. The third-order valence-corrected chi connectivity index (χ3v) is 3.18. The van der Waals surface area contributed by atoms with Gasteiger partial charge in [-0.05, 0) is 49.2 Å². The lowest BCUT2D eigenvalue weighted by Crippen LogP contribution is -2.03. The maximum absolute atomic E-state index is 14.0. The number of benzene rings is 2. The summed E-state index contributed by atoms with van der Waals surface area (Å²) >= 11 is 0. The molecule has 3 rings (SSSR count). The van der Waals surface area contributed by atoms with Crippen molar-refractivity contribution < 1.29 is 4.39 Å². The van der Waals surface area contributed by atoms with Gasteiger partial charge in [-0.15, -0.1) is 0 Å². The van der Waals surface area contributed by atoms with E-state index in [0.29, 0.717) is 11.6 Å². The summed E-state index contributed by atoms with van der Waals surface area (Å²) < 4.78 is 15.7. The Morgan fingerprint density at radius 2 is 1.74 bits per heavy atom. The van der Waals surface area contributed by atoms with Gasteiger partial charge in [0.2, 0.25) is 5.95 Å². The Morgan fingerprint density at radius 1 is 1.05 bits per heavy atom. The molecule has 96 valence electrons. The molecule has 0 aliphatic carbocycles. The molecule has 0 fully saturated rings. The van der Waals surface area contributed by atoms with Crippen LogP contribution in [0.25, 0.3) is 16.7 Å². The van der Waals surface area contributed by atoms with Crippen LogP contribution in [0.15, 0.2) is 36.4 Å². The molecule has 2 aromatic carbocycles. The molecule has 3 nitrogen and oxygen atoms in total. The highest BCUT2D eigenvalue weighted by atomic mass is 19.1. The highest BCUT2D eigenvalue weighted by molar-refractivity contribution is 5.81. The van der Waals surface area contributed by atoms with Gasteiger partial charge in [-0.3, -0.25) is 4.57 Å². The predicted molar refractivity (Wildman–Crippen MR) is 74.9 cm³/mol. The molecule has 0 spiro atoms. The average Bonchev–Trinajstić information content (AvgIpc) is 2.68. The van der Waals surface area contributed by atoms with E-state index < -0.39 is 0 Å². The Hall–Kier alpha value is -2.36. The van der Waals surface area contributed by atoms with E-state index in [1.165, 1.54) is 6.07 Å². The molecule has 0 saturated heterocycles. The predicted octanol–water partition coefficient (Wildman–Crippen LogP) is 3.36. The van der Waals surface area contributed by atoms with Gasteiger partial charge in [0.1, 0.15) is 5.82 Å². The molecule has 1 heterocycles. The molecule has 0 bridgehead atoms. The van der Waals surface area contributed by atoms with Gasteiger partial charge in [0.15, 0.2) is 0 Å². The normalized spacial score (nSPS) is 11.1. The molecule has 0 unspecified atom stereocenters. The minimum Gasteiger partial charge on any atom is -0.369 e. The molecule has 0 aliphatic heterocycles. The van der Waals surface area contributed by atoms with Gasteiger partial charge in [-0.2, -0.15) is 0 Å². The van der Waals surface area contributed by atoms with Crippen molar-refractivity contribution in [1.29, 1.82) is 0 Å². The van der Waals surface area contributed by atoms with Crippen LogP contribution in [0.4, 0.5) is 10.3 Å². The van der Waals surface area contributed by atoms with Crippen molar-refractivity contribution in [1.82, 2.24) is 9.55 Å². The van der Waals surface area contributed by atoms with Gasteiger partial charge >= 0.3 is 0 Å². The summed E-state index contributed by atoms with van der Waals surface area (Å²) in [5.41, 5.74) is 10.0. The minimum absolute atomic E-state index is 0.296. The molecule has 4 heteroatoms. The van der Waals surface area contributed by atoms with Crippen molar-refractivity contribution >= 4 is 17.0 Å². The highest BCUT2D eigenvalue weighted by Gasteiger charge is 2.13. The lowest BCUT2D eigenvalue weighted by atomic mass is 10.2. The lowest BCUT2D eigenvalue weighted by molar-refractivity contribution is 0.619. The quantitative estimate of drug-likeness (QED) is 0.724. The van der Waals surface area contributed by atoms with Gasteiger partial charge in [-0.1, -0.05) is 12.1 Å². The van der Waals surface area contributed by atoms with Crippen molar-refractivity contribution in [3.8, 4) is 5.69 Å². The molecule has 2 N–H and O–H groups in total. The first-order valence-electron chi connectivity index (χ1n) is 6.07. The number of nitrogens with two attached hydrogens (primary N) is 1. The van der Waals surface area contributed by atoms with Crippen molar-refractivity contribution in [3.05, 3.63) is 53.3 Å². The Labute approximate surface area is 110 Å². The standard InChI is InChI=1S/C15H14FN3/c1-9-3-5-11(16)13(7-9)19-14-8-10(2)4-6-12(14)18-15(19)17/h3-8H,1-2H3,(H2,17,18). The van der Waals surface area contributed by atoms with E-state index in [0.717, 1.165) is 22.2 Å². The maximum Gasteiger partial charge on any atom is 0.206 e. The van der Waals surface area contributed by atoms with Gasteiger partial charge in [-0.25, -0.2) is 9.37 Å². The number of aryl methyl sites for hydroxylation is 2. The van der Waals surface area contributed by atoms with Crippen LogP contribution >= 0.6 is 0 Å². The zero-order valence-electron chi connectivity index (χ0n) is 10.8. The van der Waals surface area contributed by atoms with Crippen LogP contribution in [0.1, 0.15) is 11.1 Å². The highest BCUT2D eigenvalue weighted by Crippen LogP contribution is 2.26. The number of anilines is 1. The number of hydrogen-bond donors (Lipinski definition) is 1. The van der Waals surface area contributed by atoms with E-state index in [9.17, 15) is 4.39 Å². The largest absolute Gasteiger partial charge is 0.369 e. The molecule has 0 atom stereocenters. The molecule has 19 heavy (non-hydrogen) atoms. The van der Waals surface area contributed by atoms with Crippen LogP contribution < -0.4 is 5.73 Å². The first-order chi connectivity index (χ1) is 9.06. The SMILES string of the molecule is Cc1ccc(F)c(-n2c(N)nc3ccc(C)cc32)c1. The molecule has 0 aliphatic rings. The van der Waals surface area contributed by atoms with E-state index in [-0.39, 0.29) is 5.82 Å². The van der Waals surface area contributed by atoms with Crippen LogP contribution in [0, 0.1) is 19.7 Å². The third-order valence-electron chi connectivity index (χ3n) is 3.18. The summed E-state index contributed by atoms with van der Waals surface area (Å²) in [6.07, 6.45) is 0. The fourth-order valence-corrected chi connectivity index (χ4v) is 2.25. The second-order valence-corrected chi connectivity index (χ2v) is 4.75. The second kappa shape index (κ2) is 4.09. The van der Waals surface area contributed by atoms with Crippen LogP contribution in [0.5, 0.6) is 0 Å². The number of nitrogens with zero attached hydrogens (tertiary/aromatic N) is 2. The smallest absolute Gasteiger partial charge is 0.206 e. The number of nitrogen functional groups attached to an aromatic ring is 1. The van der Waals surface area contributed by atoms with E-state index in [1.807, 2.05) is 32.0 Å². The summed E-state index contributed by atoms with van der Waals surface area (Å²) in [4.78, 5) is 4.28. The summed E-state index contributed by atoms with van der Waals surface area (Å²) in [5.74, 6) is -0.0109. The van der Waals surface area contributed by atoms with Gasteiger partial charge in [0, 0.05) is 0 Å². The number of hydrogen-bond acceptors (Lipinski definition) is 2. The van der Waals surface area contributed by atoms with Gasteiger partial charge < -0.3 is 5.73 Å². The van der Waals surface area contributed by atoms with Crippen LogP contribution in [-0.2, 0) is 0 Å². The van der Waals surface area contributed by atoms with E-state index in [1.54, 1.807) is 16.7 Å². The van der Waals surface area contributed by atoms with E-state index >= 15 is 0 Å².